The van der Waals surface area contributed by atoms with E-state index in [9.17, 15) is 13.2 Å². The molecule has 33 heavy (non-hydrogen) atoms. The fourth-order valence-corrected chi connectivity index (χ4v) is 4.31. The average molecular weight is 474 g/mol. The number of fused-ring (bicyclic) bond motifs is 1. The summed E-state index contributed by atoms with van der Waals surface area (Å²) in [6, 6.07) is 7.76. The van der Waals surface area contributed by atoms with Gasteiger partial charge in [0.05, 0.1) is 18.0 Å². The molecule has 0 fully saturated rings. The number of esters is 1. The third-order valence-corrected chi connectivity index (χ3v) is 6.25. The molecule has 2 aromatic heterocycles. The number of benzene rings is 1. The van der Waals surface area contributed by atoms with Crippen LogP contribution in [0.1, 0.15) is 38.8 Å². The molecule has 0 spiro atoms. The number of carbonyl (C=O) groups excluding carboxylic acids is 1. The molecule has 10 heteroatoms. The van der Waals surface area contributed by atoms with Gasteiger partial charge < -0.3 is 14.2 Å². The molecule has 1 N–H and O–H groups in total. The lowest BCUT2D eigenvalue weighted by molar-refractivity contribution is -0.151. The summed E-state index contributed by atoms with van der Waals surface area (Å²) < 4.78 is 34.1. The molecular weight excluding hydrogens is 442 g/mol. The molecule has 0 atom stereocenters. The van der Waals surface area contributed by atoms with Crippen LogP contribution in [0.2, 0.25) is 0 Å². The van der Waals surface area contributed by atoms with E-state index >= 15 is 0 Å². The first kappa shape index (κ1) is 24.7. The summed E-state index contributed by atoms with van der Waals surface area (Å²) in [6.07, 6.45) is 4.26. The summed E-state index contributed by atoms with van der Waals surface area (Å²) in [5.74, 6) is -0.709. The van der Waals surface area contributed by atoms with Crippen LogP contribution in [0.5, 0.6) is 0 Å². The van der Waals surface area contributed by atoms with Gasteiger partial charge in [-0.25, -0.2) is 23.1 Å². The van der Waals surface area contributed by atoms with Crippen LogP contribution in [-0.2, 0) is 39.6 Å². The highest BCUT2D eigenvalue weighted by molar-refractivity contribution is 7.90. The lowest BCUT2D eigenvalue weighted by Crippen LogP contribution is -2.34. The van der Waals surface area contributed by atoms with Gasteiger partial charge in [0.2, 0.25) is 10.0 Å². The molecule has 0 bridgehead atoms. The number of anilines is 2. The number of aryl methyl sites for hydroxylation is 2. The van der Waals surface area contributed by atoms with Gasteiger partial charge in [0.25, 0.3) is 0 Å². The Morgan fingerprint density at radius 1 is 1.21 bits per heavy atom. The summed E-state index contributed by atoms with van der Waals surface area (Å²) >= 11 is 0. The fraction of sp³-hybridized carbons (Fsp3) is 0.435. The van der Waals surface area contributed by atoms with E-state index in [2.05, 4.69) is 14.7 Å². The first-order chi connectivity index (χ1) is 15.4. The van der Waals surface area contributed by atoms with Crippen LogP contribution >= 0.6 is 0 Å². The van der Waals surface area contributed by atoms with E-state index in [1.165, 1.54) is 0 Å². The number of aromatic nitrogens is 3. The highest BCUT2D eigenvalue weighted by atomic mass is 32.2. The average Bonchev–Trinajstić information content (AvgIpc) is 3.10. The second-order valence-electron chi connectivity index (χ2n) is 8.93. The summed E-state index contributed by atoms with van der Waals surface area (Å²) in [6.45, 7) is 7.21. The predicted molar refractivity (Wildman–Crippen MR) is 129 cm³/mol. The molecule has 3 aromatic rings. The van der Waals surface area contributed by atoms with Crippen LogP contribution in [-0.4, -0.2) is 47.3 Å². The Morgan fingerprint density at radius 2 is 1.94 bits per heavy atom. The summed E-state index contributed by atoms with van der Waals surface area (Å²) in [4.78, 5) is 22.7. The van der Waals surface area contributed by atoms with Crippen LogP contribution in [0.15, 0.2) is 36.8 Å². The third-order valence-electron chi connectivity index (χ3n) is 5.05. The quantitative estimate of drug-likeness (QED) is 0.501. The largest absolute Gasteiger partial charge is 0.459 e. The van der Waals surface area contributed by atoms with Gasteiger partial charge in [-0.3, -0.25) is 4.79 Å². The molecule has 178 valence electrons. The van der Waals surface area contributed by atoms with Crippen molar-refractivity contribution < 1.29 is 17.9 Å². The van der Waals surface area contributed by atoms with Gasteiger partial charge in [-0.2, -0.15) is 0 Å². The molecule has 0 radical (unpaired) electrons. The van der Waals surface area contributed by atoms with Gasteiger partial charge in [0, 0.05) is 32.4 Å². The number of ether oxygens (including phenoxy) is 1. The molecule has 0 amide bonds. The van der Waals surface area contributed by atoms with Gasteiger partial charge in [-0.1, -0.05) is 19.1 Å². The minimum Gasteiger partial charge on any atom is -0.459 e. The zero-order valence-corrected chi connectivity index (χ0v) is 20.7. The maximum atomic E-state index is 12.3. The van der Waals surface area contributed by atoms with E-state index in [-0.39, 0.29) is 6.54 Å². The second-order valence-corrected chi connectivity index (χ2v) is 10.7. The summed E-state index contributed by atoms with van der Waals surface area (Å²) in [5.41, 5.74) is 3.91. The lowest BCUT2D eigenvalue weighted by atomic mass is 10.1. The molecule has 2 heterocycles. The van der Waals surface area contributed by atoms with Gasteiger partial charge in [0.1, 0.15) is 16.9 Å². The first-order valence-electron chi connectivity index (χ1n) is 10.7. The number of nitrogens with zero attached hydrogens (tertiary/aromatic N) is 4. The van der Waals surface area contributed by atoms with Gasteiger partial charge >= 0.3 is 5.97 Å². The van der Waals surface area contributed by atoms with Crippen LogP contribution in [0.4, 0.5) is 11.5 Å². The normalized spacial score (nSPS) is 12.2. The molecule has 0 saturated carbocycles. The van der Waals surface area contributed by atoms with Crippen molar-refractivity contribution in [3.8, 4) is 0 Å². The number of pyridine rings is 1. The number of sulfonamides is 1. The van der Waals surface area contributed by atoms with Crippen molar-refractivity contribution in [2.24, 2.45) is 7.05 Å². The Balaban J connectivity index is 1.73. The predicted octanol–water partition coefficient (Wildman–Crippen LogP) is 3.06. The van der Waals surface area contributed by atoms with Crippen LogP contribution < -0.4 is 9.62 Å². The van der Waals surface area contributed by atoms with Crippen LogP contribution in [0, 0.1) is 0 Å². The molecule has 1 aromatic carbocycles. The molecule has 0 aliphatic heterocycles. The smallest absolute Gasteiger partial charge is 0.323 e. The van der Waals surface area contributed by atoms with E-state index < -0.39 is 27.3 Å². The van der Waals surface area contributed by atoms with Crippen molar-refractivity contribution in [1.29, 1.82) is 0 Å². The molecular formula is C23H31N5O4S. The van der Waals surface area contributed by atoms with E-state index in [4.69, 9.17) is 4.74 Å². The second kappa shape index (κ2) is 9.48. The minimum absolute atomic E-state index is 0.0847. The number of hydrogen-bond acceptors (Lipinski definition) is 7. The monoisotopic (exact) mass is 473 g/mol. The van der Waals surface area contributed by atoms with Crippen molar-refractivity contribution in [2.45, 2.75) is 46.3 Å². The SMILES string of the molecule is CCc1cc(CNS(=O)(=O)CC(=O)OC(C)(C)C)ccc1N(C)c1cc2c(cn1)ncn2C. The van der Waals surface area contributed by atoms with Crippen LogP contribution in [0.25, 0.3) is 11.0 Å². The molecule has 9 nitrogen and oxygen atoms in total. The Kier molecular flexibility index (Phi) is 7.08. The van der Waals surface area contributed by atoms with Crippen molar-refractivity contribution in [2.75, 3.05) is 17.7 Å². The molecule has 0 aliphatic carbocycles. The number of nitrogens with one attached hydrogen (secondary N) is 1. The standard InChI is InChI=1S/C23H31N5O4S/c1-7-17-10-16(12-26-33(30,31)14-22(29)32-23(2,3)4)8-9-19(17)28(6)21-11-20-18(13-24-21)25-15-27(20)5/h8-11,13,15,26H,7,12,14H2,1-6H3. The third kappa shape index (κ3) is 6.29. The van der Waals surface area contributed by atoms with E-state index in [0.717, 1.165) is 40.1 Å². The zero-order chi connectivity index (χ0) is 24.4. The fourth-order valence-electron chi connectivity index (χ4n) is 3.46. The number of carbonyl (C=O) groups is 1. The lowest BCUT2D eigenvalue weighted by Gasteiger charge is -2.22. The minimum atomic E-state index is -3.81. The topological polar surface area (TPSA) is 106 Å². The Bertz CT molecular complexity index is 1260. The maximum absolute atomic E-state index is 12.3. The Hall–Kier alpha value is -2.98. The van der Waals surface area contributed by atoms with Crippen molar-refractivity contribution in [3.05, 3.63) is 47.9 Å². The van der Waals surface area contributed by atoms with Crippen molar-refractivity contribution >= 4 is 38.5 Å². The van der Waals surface area contributed by atoms with Gasteiger partial charge in [0.15, 0.2) is 5.75 Å². The van der Waals surface area contributed by atoms with E-state index in [1.54, 1.807) is 33.3 Å². The van der Waals surface area contributed by atoms with Crippen LogP contribution in [0.3, 0.4) is 0 Å². The number of hydrogen-bond donors (Lipinski definition) is 1. The summed E-state index contributed by atoms with van der Waals surface area (Å²) in [5, 5.41) is 0. The Morgan fingerprint density at radius 3 is 2.61 bits per heavy atom. The molecule has 0 unspecified atom stereocenters. The van der Waals surface area contributed by atoms with E-state index in [1.807, 2.05) is 54.8 Å². The molecule has 0 aliphatic rings. The van der Waals surface area contributed by atoms with E-state index in [0.29, 0.717) is 0 Å². The molecule has 0 saturated heterocycles. The Labute approximate surface area is 194 Å². The summed E-state index contributed by atoms with van der Waals surface area (Å²) in [7, 11) is 0.0734. The van der Waals surface area contributed by atoms with Crippen molar-refractivity contribution in [3.63, 3.8) is 0 Å². The number of rotatable bonds is 8. The van der Waals surface area contributed by atoms with Gasteiger partial charge in [-0.05, 0) is 44.4 Å². The highest BCUT2D eigenvalue weighted by Crippen LogP contribution is 2.28. The van der Waals surface area contributed by atoms with Crippen molar-refractivity contribution in [1.82, 2.24) is 19.3 Å². The maximum Gasteiger partial charge on any atom is 0.323 e. The molecule has 3 rings (SSSR count). The zero-order valence-electron chi connectivity index (χ0n) is 19.9. The number of imidazole rings is 1. The highest BCUT2D eigenvalue weighted by Gasteiger charge is 2.22. The van der Waals surface area contributed by atoms with Gasteiger partial charge in [-0.15, -0.1) is 0 Å². The first-order valence-corrected chi connectivity index (χ1v) is 12.4.